The molecule has 1 N–H and O–H groups in total. The predicted octanol–water partition coefficient (Wildman–Crippen LogP) is 4.95. The number of ketones is 1. The number of anilines is 1. The smallest absolute Gasteiger partial charge is 0.259 e. The normalized spacial score (nSPS) is 15.8. The molecule has 0 fully saturated rings. The molecule has 0 spiro atoms. The Morgan fingerprint density at radius 2 is 1.86 bits per heavy atom. The van der Waals surface area contributed by atoms with Crippen LogP contribution >= 0.6 is 23.2 Å². The molecule has 0 radical (unpaired) electrons. The molecule has 28 heavy (non-hydrogen) atoms. The summed E-state index contributed by atoms with van der Waals surface area (Å²) in [6, 6.07) is 14.5. The molecule has 0 saturated carbocycles. The van der Waals surface area contributed by atoms with Gasteiger partial charge in [0.05, 0.1) is 21.8 Å². The first-order valence-electron chi connectivity index (χ1n) is 8.71. The lowest BCUT2D eigenvalue weighted by Gasteiger charge is -2.23. The highest BCUT2D eigenvalue weighted by molar-refractivity contribution is 6.37. The zero-order valence-corrected chi connectivity index (χ0v) is 16.2. The van der Waals surface area contributed by atoms with Gasteiger partial charge in [0, 0.05) is 17.6 Å². The average Bonchev–Trinajstić information content (AvgIpc) is 2.68. The van der Waals surface area contributed by atoms with Crippen LogP contribution in [0.15, 0.2) is 54.7 Å². The van der Waals surface area contributed by atoms with Crippen molar-refractivity contribution in [2.45, 2.75) is 18.8 Å². The maximum Gasteiger partial charge on any atom is 0.259 e. The van der Waals surface area contributed by atoms with Gasteiger partial charge in [0.1, 0.15) is 0 Å². The van der Waals surface area contributed by atoms with E-state index in [0.29, 0.717) is 29.1 Å². The highest BCUT2D eigenvalue weighted by Gasteiger charge is 2.28. The van der Waals surface area contributed by atoms with Gasteiger partial charge in [0.25, 0.3) is 5.91 Å². The van der Waals surface area contributed by atoms with Gasteiger partial charge in [-0.05, 0) is 36.1 Å². The van der Waals surface area contributed by atoms with Crippen molar-refractivity contribution in [3.63, 3.8) is 0 Å². The second-order valence-electron chi connectivity index (χ2n) is 6.57. The van der Waals surface area contributed by atoms with E-state index in [-0.39, 0.29) is 28.2 Å². The predicted molar refractivity (Wildman–Crippen MR) is 108 cm³/mol. The summed E-state index contributed by atoms with van der Waals surface area (Å²) in [4.78, 5) is 33.5. The van der Waals surface area contributed by atoms with E-state index >= 15 is 0 Å². The Balaban J connectivity index is 1.58. The van der Waals surface area contributed by atoms with Crippen molar-refractivity contribution in [2.75, 3.05) is 5.32 Å². The Kier molecular flexibility index (Phi) is 5.11. The number of amides is 1. The molecule has 2 aromatic carbocycles. The number of halogens is 2. The summed E-state index contributed by atoms with van der Waals surface area (Å²) >= 11 is 11.9. The third-order valence-electron chi connectivity index (χ3n) is 4.71. The number of hydrogen-bond acceptors (Lipinski definition) is 4. The average molecular weight is 412 g/mol. The van der Waals surface area contributed by atoms with Gasteiger partial charge in [-0.25, -0.2) is 9.97 Å². The Morgan fingerprint density at radius 3 is 2.61 bits per heavy atom. The van der Waals surface area contributed by atoms with Crippen molar-refractivity contribution in [3.8, 4) is 0 Å². The van der Waals surface area contributed by atoms with Crippen LogP contribution in [0.4, 0.5) is 5.95 Å². The van der Waals surface area contributed by atoms with Crippen molar-refractivity contribution in [2.24, 2.45) is 0 Å². The highest BCUT2D eigenvalue weighted by atomic mass is 35.5. The first-order chi connectivity index (χ1) is 13.5. The summed E-state index contributed by atoms with van der Waals surface area (Å²) in [5.74, 6) is -0.237. The third-order valence-corrected chi connectivity index (χ3v) is 5.26. The number of carbonyl (C=O) groups is 2. The van der Waals surface area contributed by atoms with Crippen molar-refractivity contribution in [1.82, 2.24) is 9.97 Å². The van der Waals surface area contributed by atoms with Gasteiger partial charge in [0.2, 0.25) is 5.95 Å². The molecule has 0 unspecified atom stereocenters. The van der Waals surface area contributed by atoms with Gasteiger partial charge in [-0.2, -0.15) is 0 Å². The van der Waals surface area contributed by atoms with Gasteiger partial charge < -0.3 is 0 Å². The molecular formula is C21H15Cl2N3O2. The summed E-state index contributed by atoms with van der Waals surface area (Å²) in [7, 11) is 0. The molecule has 1 aliphatic carbocycles. The van der Waals surface area contributed by atoms with Gasteiger partial charge in [-0.15, -0.1) is 0 Å². The SMILES string of the molecule is O=C(Nc1ncc2c(n1)C[C@@H](c1ccccc1)CC2=O)c1ccc(Cl)cc1Cl. The molecule has 0 aliphatic heterocycles. The van der Waals surface area contributed by atoms with Gasteiger partial charge in [-0.3, -0.25) is 14.9 Å². The number of aromatic nitrogens is 2. The van der Waals surface area contributed by atoms with Crippen LogP contribution in [0.5, 0.6) is 0 Å². The van der Waals surface area contributed by atoms with E-state index in [2.05, 4.69) is 15.3 Å². The second-order valence-corrected chi connectivity index (χ2v) is 7.41. The first-order valence-corrected chi connectivity index (χ1v) is 9.47. The Labute approximate surface area is 171 Å². The molecule has 1 heterocycles. The van der Waals surface area contributed by atoms with Crippen molar-refractivity contribution in [3.05, 3.63) is 87.2 Å². The number of nitrogens with one attached hydrogen (secondary N) is 1. The molecule has 140 valence electrons. The van der Waals surface area contributed by atoms with Gasteiger partial charge in [-0.1, -0.05) is 53.5 Å². The van der Waals surface area contributed by atoms with Crippen LogP contribution < -0.4 is 5.32 Å². The Hall–Kier alpha value is -2.76. The quantitative estimate of drug-likeness (QED) is 0.661. The van der Waals surface area contributed by atoms with Crippen LogP contribution in [-0.2, 0) is 6.42 Å². The van der Waals surface area contributed by atoms with Crippen LogP contribution in [0.3, 0.4) is 0 Å². The fourth-order valence-electron chi connectivity index (χ4n) is 3.31. The Morgan fingerprint density at radius 1 is 1.07 bits per heavy atom. The summed E-state index contributed by atoms with van der Waals surface area (Å²) in [5.41, 5.74) is 2.51. The van der Waals surface area contributed by atoms with Crippen molar-refractivity contribution in [1.29, 1.82) is 0 Å². The molecule has 1 aromatic heterocycles. The zero-order chi connectivity index (χ0) is 19.7. The second kappa shape index (κ2) is 7.70. The third kappa shape index (κ3) is 3.77. The van der Waals surface area contributed by atoms with Crippen LogP contribution in [-0.4, -0.2) is 21.7 Å². The summed E-state index contributed by atoms with van der Waals surface area (Å²) in [6.45, 7) is 0. The number of nitrogens with zero attached hydrogens (tertiary/aromatic N) is 2. The van der Waals surface area contributed by atoms with E-state index in [0.717, 1.165) is 5.56 Å². The molecule has 0 bridgehead atoms. The fraction of sp³-hybridized carbons (Fsp3) is 0.143. The maximum absolute atomic E-state index is 12.5. The number of fused-ring (bicyclic) bond motifs is 1. The molecule has 1 atom stereocenters. The van der Waals surface area contributed by atoms with E-state index in [1.807, 2.05) is 30.3 Å². The van der Waals surface area contributed by atoms with E-state index in [1.165, 1.54) is 18.3 Å². The molecule has 0 saturated heterocycles. The lowest BCUT2D eigenvalue weighted by Crippen LogP contribution is -2.22. The van der Waals surface area contributed by atoms with Crippen LogP contribution in [0, 0.1) is 0 Å². The van der Waals surface area contributed by atoms with Crippen LogP contribution in [0.1, 0.15) is 44.3 Å². The standard InChI is InChI=1S/C21H15Cl2N3O2/c22-14-6-7-15(17(23)10-14)20(28)26-21-24-11-16-18(25-21)8-13(9-19(16)27)12-4-2-1-3-5-12/h1-7,10-11,13H,8-9H2,(H,24,25,26,28)/t13-/m1/s1. The Bertz CT molecular complexity index is 1070. The lowest BCUT2D eigenvalue weighted by molar-refractivity contribution is 0.0962. The maximum atomic E-state index is 12.5. The summed E-state index contributed by atoms with van der Waals surface area (Å²) < 4.78 is 0. The molecule has 1 amide bonds. The minimum absolute atomic E-state index is 0.00808. The number of rotatable bonds is 3. The molecule has 4 rings (SSSR count). The lowest BCUT2D eigenvalue weighted by atomic mass is 9.82. The molecular weight excluding hydrogens is 397 g/mol. The minimum atomic E-state index is -0.441. The molecule has 3 aromatic rings. The van der Waals surface area contributed by atoms with E-state index in [1.54, 1.807) is 6.07 Å². The fourth-order valence-corrected chi connectivity index (χ4v) is 3.80. The van der Waals surface area contributed by atoms with Crippen molar-refractivity contribution >= 4 is 40.8 Å². The van der Waals surface area contributed by atoms with Gasteiger partial charge >= 0.3 is 0 Å². The number of benzene rings is 2. The van der Waals surface area contributed by atoms with E-state index in [4.69, 9.17) is 23.2 Å². The van der Waals surface area contributed by atoms with E-state index < -0.39 is 5.91 Å². The molecule has 7 heteroatoms. The number of hydrogen-bond donors (Lipinski definition) is 1. The highest BCUT2D eigenvalue weighted by Crippen LogP contribution is 2.32. The largest absolute Gasteiger partial charge is 0.294 e. The van der Waals surface area contributed by atoms with Crippen LogP contribution in [0.2, 0.25) is 10.0 Å². The topological polar surface area (TPSA) is 72.0 Å². The monoisotopic (exact) mass is 411 g/mol. The van der Waals surface area contributed by atoms with Crippen molar-refractivity contribution < 1.29 is 9.59 Å². The number of Topliss-reactive ketones (excluding diaryl/α,β-unsaturated/α-hetero) is 1. The van der Waals surface area contributed by atoms with Gasteiger partial charge in [0.15, 0.2) is 5.78 Å². The zero-order valence-electron chi connectivity index (χ0n) is 14.7. The van der Waals surface area contributed by atoms with Crippen LogP contribution in [0.25, 0.3) is 0 Å². The summed E-state index contributed by atoms with van der Waals surface area (Å²) in [6.07, 6.45) is 2.51. The van der Waals surface area contributed by atoms with E-state index in [9.17, 15) is 9.59 Å². The molecule has 1 aliphatic rings. The minimum Gasteiger partial charge on any atom is -0.294 e. The molecule has 5 nitrogen and oxygen atoms in total. The first kappa shape index (κ1) is 18.6. The number of carbonyl (C=O) groups excluding carboxylic acids is 2. The summed E-state index contributed by atoms with van der Waals surface area (Å²) in [5, 5.41) is 3.32.